The SMILES string of the molecule is CC(Br)C(=O)NCCCCCCOC(=O)C(C)Br. The minimum absolute atomic E-state index is 0.0234. The molecule has 0 aromatic carbocycles. The van der Waals surface area contributed by atoms with Gasteiger partial charge in [0.15, 0.2) is 0 Å². The van der Waals surface area contributed by atoms with Gasteiger partial charge in [-0.15, -0.1) is 0 Å². The minimum atomic E-state index is -0.237. The molecule has 0 fully saturated rings. The third-order valence-corrected chi connectivity index (χ3v) is 3.09. The summed E-state index contributed by atoms with van der Waals surface area (Å²) < 4.78 is 5.02. The molecule has 2 unspecified atom stereocenters. The highest BCUT2D eigenvalue weighted by Gasteiger charge is 2.09. The van der Waals surface area contributed by atoms with E-state index < -0.39 is 0 Å². The van der Waals surface area contributed by atoms with Crippen molar-refractivity contribution in [1.82, 2.24) is 5.32 Å². The molecule has 0 bridgehead atoms. The average molecular weight is 387 g/mol. The molecule has 0 aliphatic carbocycles. The van der Waals surface area contributed by atoms with Gasteiger partial charge in [-0.2, -0.15) is 0 Å². The lowest BCUT2D eigenvalue weighted by atomic mass is 10.2. The second-order valence-corrected chi connectivity index (χ2v) is 6.85. The van der Waals surface area contributed by atoms with Crippen molar-refractivity contribution in [3.8, 4) is 0 Å². The maximum Gasteiger partial charge on any atom is 0.319 e. The van der Waals surface area contributed by atoms with Crippen molar-refractivity contribution in [3.63, 3.8) is 0 Å². The molecule has 4 nitrogen and oxygen atoms in total. The van der Waals surface area contributed by atoms with Gasteiger partial charge in [-0.1, -0.05) is 38.3 Å². The summed E-state index contributed by atoms with van der Waals surface area (Å²) in [6.45, 7) is 4.72. The fourth-order valence-electron chi connectivity index (χ4n) is 1.22. The summed E-state index contributed by atoms with van der Waals surface area (Å²) in [4.78, 5) is 21.9. The monoisotopic (exact) mass is 385 g/mol. The number of esters is 1. The lowest BCUT2D eigenvalue weighted by Gasteiger charge is -2.07. The summed E-state index contributed by atoms with van der Waals surface area (Å²) in [6.07, 6.45) is 3.85. The Balaban J connectivity index is 3.27. The van der Waals surface area contributed by atoms with E-state index >= 15 is 0 Å². The zero-order valence-corrected chi connectivity index (χ0v) is 14.1. The van der Waals surface area contributed by atoms with Crippen LogP contribution in [0.3, 0.4) is 0 Å². The summed E-state index contributed by atoms with van der Waals surface area (Å²) in [5.41, 5.74) is 0. The Labute approximate surface area is 125 Å². The van der Waals surface area contributed by atoms with Gasteiger partial charge in [-0.3, -0.25) is 9.59 Å². The number of ether oxygens (including phenoxy) is 1. The second-order valence-electron chi connectivity index (χ2n) is 4.10. The van der Waals surface area contributed by atoms with E-state index in [-0.39, 0.29) is 21.5 Å². The Kier molecular flexibility index (Phi) is 10.7. The molecule has 0 spiro atoms. The van der Waals surface area contributed by atoms with Crippen molar-refractivity contribution in [3.05, 3.63) is 0 Å². The van der Waals surface area contributed by atoms with Gasteiger partial charge in [0.1, 0.15) is 4.83 Å². The Morgan fingerprint density at radius 2 is 1.67 bits per heavy atom. The van der Waals surface area contributed by atoms with E-state index in [9.17, 15) is 9.59 Å². The number of carbonyl (C=O) groups is 2. The molecule has 0 aliphatic rings. The maximum atomic E-state index is 11.2. The van der Waals surface area contributed by atoms with Gasteiger partial charge in [-0.25, -0.2) is 0 Å². The van der Waals surface area contributed by atoms with Crippen molar-refractivity contribution >= 4 is 43.7 Å². The van der Waals surface area contributed by atoms with Gasteiger partial charge < -0.3 is 10.1 Å². The predicted molar refractivity (Wildman–Crippen MR) is 79.2 cm³/mol. The van der Waals surface area contributed by atoms with Crippen LogP contribution in [0.15, 0.2) is 0 Å². The first-order valence-electron chi connectivity index (χ1n) is 6.17. The van der Waals surface area contributed by atoms with Crippen LogP contribution in [0, 0.1) is 0 Å². The van der Waals surface area contributed by atoms with E-state index in [1.54, 1.807) is 13.8 Å². The lowest BCUT2D eigenvalue weighted by molar-refractivity contribution is -0.142. The molecule has 0 aromatic rings. The molecule has 0 rings (SSSR count). The number of unbranched alkanes of at least 4 members (excludes halogenated alkanes) is 3. The highest BCUT2D eigenvalue weighted by molar-refractivity contribution is 9.10. The van der Waals surface area contributed by atoms with E-state index in [0.29, 0.717) is 13.2 Å². The Bertz CT molecular complexity index is 232. The third-order valence-electron chi connectivity index (χ3n) is 2.30. The summed E-state index contributed by atoms with van der Waals surface area (Å²) in [7, 11) is 0. The Hall–Kier alpha value is -0.100. The molecule has 1 N–H and O–H groups in total. The van der Waals surface area contributed by atoms with Crippen LogP contribution >= 0.6 is 31.9 Å². The Morgan fingerprint density at radius 1 is 1.06 bits per heavy atom. The van der Waals surface area contributed by atoms with Gasteiger partial charge >= 0.3 is 5.97 Å². The first kappa shape index (κ1) is 17.9. The van der Waals surface area contributed by atoms with Gasteiger partial charge in [0, 0.05) is 6.54 Å². The van der Waals surface area contributed by atoms with E-state index in [1.807, 2.05) is 0 Å². The van der Waals surface area contributed by atoms with Crippen LogP contribution in [0.25, 0.3) is 0 Å². The van der Waals surface area contributed by atoms with Crippen LogP contribution in [0.4, 0.5) is 0 Å². The van der Waals surface area contributed by atoms with Crippen LogP contribution in [0.1, 0.15) is 39.5 Å². The second kappa shape index (κ2) is 10.8. The normalized spacial score (nSPS) is 13.8. The van der Waals surface area contributed by atoms with Gasteiger partial charge in [0.2, 0.25) is 5.91 Å². The zero-order chi connectivity index (χ0) is 14.0. The fraction of sp³-hybridized carbons (Fsp3) is 0.833. The van der Waals surface area contributed by atoms with E-state index in [1.165, 1.54) is 0 Å². The molecule has 0 heterocycles. The molecule has 0 aliphatic heterocycles. The number of nitrogens with one attached hydrogen (secondary N) is 1. The van der Waals surface area contributed by atoms with Crippen LogP contribution < -0.4 is 5.32 Å². The van der Waals surface area contributed by atoms with Crippen LogP contribution in [-0.4, -0.2) is 34.7 Å². The van der Waals surface area contributed by atoms with Crippen LogP contribution in [0.5, 0.6) is 0 Å². The molecule has 0 saturated heterocycles. The average Bonchev–Trinajstić information content (AvgIpc) is 2.31. The fourth-order valence-corrected chi connectivity index (χ4v) is 1.51. The van der Waals surface area contributed by atoms with Crippen molar-refractivity contribution in [2.45, 2.75) is 49.2 Å². The maximum absolute atomic E-state index is 11.2. The predicted octanol–water partition coefficient (Wildman–Crippen LogP) is 2.77. The molecule has 0 radical (unpaired) electrons. The molecule has 18 heavy (non-hydrogen) atoms. The molecule has 106 valence electrons. The number of amides is 1. The molecular weight excluding hydrogens is 366 g/mol. The number of halogens is 2. The highest BCUT2D eigenvalue weighted by Crippen LogP contribution is 2.04. The van der Waals surface area contributed by atoms with Gasteiger partial charge in [-0.05, 0) is 33.1 Å². The van der Waals surface area contributed by atoms with E-state index in [4.69, 9.17) is 4.74 Å². The van der Waals surface area contributed by atoms with Crippen LogP contribution in [0.2, 0.25) is 0 Å². The topological polar surface area (TPSA) is 55.4 Å². The molecule has 0 aromatic heterocycles. The smallest absolute Gasteiger partial charge is 0.319 e. The van der Waals surface area contributed by atoms with Crippen LogP contribution in [-0.2, 0) is 14.3 Å². The van der Waals surface area contributed by atoms with Crippen molar-refractivity contribution in [2.75, 3.05) is 13.2 Å². The largest absolute Gasteiger partial charge is 0.465 e. The quantitative estimate of drug-likeness (QED) is 0.376. The summed E-state index contributed by atoms with van der Waals surface area (Å²) in [5, 5.41) is 2.83. The zero-order valence-electron chi connectivity index (χ0n) is 10.9. The Morgan fingerprint density at radius 3 is 2.22 bits per heavy atom. The lowest BCUT2D eigenvalue weighted by Crippen LogP contribution is -2.30. The standard InChI is InChI=1S/C12H21Br2NO3/c1-9(13)11(16)15-7-5-3-4-6-8-18-12(17)10(2)14/h9-10H,3-8H2,1-2H3,(H,15,16). The molecule has 0 saturated carbocycles. The van der Waals surface area contributed by atoms with Gasteiger partial charge in [0.25, 0.3) is 0 Å². The van der Waals surface area contributed by atoms with Crippen molar-refractivity contribution < 1.29 is 14.3 Å². The molecule has 2 atom stereocenters. The highest BCUT2D eigenvalue weighted by atomic mass is 79.9. The number of hydrogen-bond donors (Lipinski definition) is 1. The third kappa shape index (κ3) is 9.88. The van der Waals surface area contributed by atoms with Crippen molar-refractivity contribution in [1.29, 1.82) is 0 Å². The summed E-state index contributed by atoms with van der Waals surface area (Å²) >= 11 is 6.35. The first-order chi connectivity index (χ1) is 8.45. The van der Waals surface area contributed by atoms with E-state index in [0.717, 1.165) is 25.7 Å². The molecule has 6 heteroatoms. The number of carbonyl (C=O) groups excluding carboxylic acids is 2. The first-order valence-corrected chi connectivity index (χ1v) is 8.00. The minimum Gasteiger partial charge on any atom is -0.465 e. The number of alkyl halides is 2. The molecule has 1 amide bonds. The number of hydrogen-bond acceptors (Lipinski definition) is 3. The van der Waals surface area contributed by atoms with Crippen molar-refractivity contribution in [2.24, 2.45) is 0 Å². The molecular formula is C12H21Br2NO3. The van der Waals surface area contributed by atoms with Gasteiger partial charge in [0.05, 0.1) is 11.4 Å². The summed E-state index contributed by atoms with van der Waals surface area (Å²) in [6, 6.07) is 0. The van der Waals surface area contributed by atoms with E-state index in [2.05, 4.69) is 37.2 Å². The summed E-state index contributed by atoms with van der Waals surface area (Å²) in [5.74, 6) is -0.191. The number of rotatable bonds is 9.